The van der Waals surface area contributed by atoms with E-state index in [0.717, 1.165) is 0 Å². The predicted molar refractivity (Wildman–Crippen MR) is 51.0 cm³/mol. The topological polar surface area (TPSA) is 23.1 Å². The van der Waals surface area contributed by atoms with E-state index in [1.807, 2.05) is 0 Å². The van der Waals surface area contributed by atoms with Crippen LogP contribution in [0.5, 0.6) is 0 Å². The highest BCUT2D eigenvalue weighted by Gasteiger charge is 2.10. The molecule has 0 aliphatic heterocycles. The van der Waals surface area contributed by atoms with Crippen molar-refractivity contribution in [3.63, 3.8) is 0 Å². The van der Waals surface area contributed by atoms with Gasteiger partial charge in [0.25, 0.3) is 0 Å². The molecule has 0 spiro atoms. The van der Waals surface area contributed by atoms with Crippen molar-refractivity contribution in [2.75, 3.05) is 5.75 Å². The fourth-order valence-electron chi connectivity index (χ4n) is 0.785. The number of benzene rings is 1. The molecule has 1 atom stereocenters. The van der Waals surface area contributed by atoms with Gasteiger partial charge in [-0.25, -0.2) is 4.39 Å². The van der Waals surface area contributed by atoms with Gasteiger partial charge >= 0.3 is 0 Å². The normalized spacial score (nSPS) is 13.0. The second kappa shape index (κ2) is 4.25. The first-order chi connectivity index (χ1) is 5.65. The zero-order valence-electron chi connectivity index (χ0n) is 6.51. The fourth-order valence-corrected chi connectivity index (χ4v) is 1.82. The third kappa shape index (κ3) is 2.21. The van der Waals surface area contributed by atoms with Crippen LogP contribution in [0.2, 0.25) is 0 Å². The van der Waals surface area contributed by atoms with Crippen LogP contribution in [0.25, 0.3) is 0 Å². The Morgan fingerprint density at radius 3 is 2.75 bits per heavy atom. The van der Waals surface area contributed by atoms with E-state index in [-0.39, 0.29) is 5.82 Å². The van der Waals surface area contributed by atoms with E-state index in [2.05, 4.69) is 15.9 Å². The SMILES string of the molecule is CC[S+]([O-])c1ccc(Br)c(F)c1. The van der Waals surface area contributed by atoms with Crippen LogP contribution in [0, 0.1) is 5.82 Å². The highest BCUT2D eigenvalue weighted by molar-refractivity contribution is 9.10. The third-order valence-corrected chi connectivity index (χ3v) is 3.36. The Labute approximate surface area is 82.3 Å². The molecular weight excluding hydrogens is 243 g/mol. The molecule has 0 saturated heterocycles. The van der Waals surface area contributed by atoms with Crippen LogP contribution in [0.1, 0.15) is 6.92 Å². The van der Waals surface area contributed by atoms with Crippen molar-refractivity contribution in [1.82, 2.24) is 0 Å². The van der Waals surface area contributed by atoms with E-state index in [4.69, 9.17) is 0 Å². The van der Waals surface area contributed by atoms with Crippen molar-refractivity contribution in [2.24, 2.45) is 0 Å². The molecule has 66 valence electrons. The maximum atomic E-state index is 12.9. The Kier molecular flexibility index (Phi) is 3.55. The summed E-state index contributed by atoms with van der Waals surface area (Å²) in [7, 11) is 0. The second-order valence-corrected chi connectivity index (χ2v) is 4.80. The van der Waals surface area contributed by atoms with Gasteiger partial charge in [0.05, 0.1) is 4.47 Å². The third-order valence-electron chi connectivity index (χ3n) is 1.42. The van der Waals surface area contributed by atoms with Gasteiger partial charge in [0.1, 0.15) is 11.6 Å². The molecule has 0 aromatic heterocycles. The Bertz CT molecular complexity index is 280. The number of hydrogen-bond donors (Lipinski definition) is 0. The van der Waals surface area contributed by atoms with Crippen LogP contribution in [-0.4, -0.2) is 10.3 Å². The van der Waals surface area contributed by atoms with Crippen molar-refractivity contribution in [3.05, 3.63) is 28.5 Å². The summed E-state index contributed by atoms with van der Waals surface area (Å²) in [6.07, 6.45) is 0. The van der Waals surface area contributed by atoms with Gasteiger partial charge in [0.15, 0.2) is 4.90 Å². The van der Waals surface area contributed by atoms with E-state index in [9.17, 15) is 8.94 Å². The molecule has 1 rings (SSSR count). The van der Waals surface area contributed by atoms with Gasteiger partial charge < -0.3 is 4.55 Å². The first-order valence-electron chi connectivity index (χ1n) is 3.48. The minimum Gasteiger partial charge on any atom is -0.611 e. The highest BCUT2D eigenvalue weighted by atomic mass is 79.9. The molecule has 0 fully saturated rings. The predicted octanol–water partition coefficient (Wildman–Crippen LogP) is 2.72. The quantitative estimate of drug-likeness (QED) is 0.741. The summed E-state index contributed by atoms with van der Waals surface area (Å²) in [6, 6.07) is 4.52. The van der Waals surface area contributed by atoms with Crippen molar-refractivity contribution >= 4 is 27.1 Å². The van der Waals surface area contributed by atoms with Crippen LogP contribution < -0.4 is 0 Å². The lowest BCUT2D eigenvalue weighted by Crippen LogP contribution is -2.03. The minimum atomic E-state index is -1.07. The zero-order valence-corrected chi connectivity index (χ0v) is 8.91. The minimum absolute atomic E-state index is 0.366. The molecule has 0 aliphatic carbocycles. The molecule has 1 aromatic rings. The molecule has 0 bridgehead atoms. The molecule has 1 unspecified atom stereocenters. The second-order valence-electron chi connectivity index (χ2n) is 2.21. The molecule has 0 N–H and O–H groups in total. The lowest BCUT2D eigenvalue weighted by atomic mass is 10.3. The van der Waals surface area contributed by atoms with Crippen LogP contribution >= 0.6 is 15.9 Å². The maximum absolute atomic E-state index is 12.9. The van der Waals surface area contributed by atoms with E-state index in [1.54, 1.807) is 19.1 Å². The Morgan fingerprint density at radius 2 is 2.25 bits per heavy atom. The van der Waals surface area contributed by atoms with E-state index in [0.29, 0.717) is 15.1 Å². The summed E-state index contributed by atoms with van der Waals surface area (Å²) in [5.74, 6) is 0.149. The molecule has 12 heavy (non-hydrogen) atoms. The Morgan fingerprint density at radius 1 is 1.58 bits per heavy atom. The highest BCUT2D eigenvalue weighted by Crippen LogP contribution is 2.19. The monoisotopic (exact) mass is 250 g/mol. The fraction of sp³-hybridized carbons (Fsp3) is 0.250. The van der Waals surface area contributed by atoms with Crippen LogP contribution in [0.15, 0.2) is 27.6 Å². The lowest BCUT2D eigenvalue weighted by Gasteiger charge is -2.07. The molecule has 1 nitrogen and oxygen atoms in total. The summed E-state index contributed by atoms with van der Waals surface area (Å²) < 4.78 is 24.5. The van der Waals surface area contributed by atoms with Gasteiger partial charge in [-0.15, -0.1) is 0 Å². The largest absolute Gasteiger partial charge is 0.611 e. The first kappa shape index (κ1) is 10.0. The van der Waals surface area contributed by atoms with Crippen LogP contribution in [0.4, 0.5) is 4.39 Å². The lowest BCUT2D eigenvalue weighted by molar-refractivity contribution is 0.590. The van der Waals surface area contributed by atoms with Gasteiger partial charge in [0, 0.05) is 6.07 Å². The molecule has 1 aromatic carbocycles. The van der Waals surface area contributed by atoms with Gasteiger partial charge in [-0.3, -0.25) is 0 Å². The molecule has 0 radical (unpaired) electrons. The molecule has 0 aliphatic rings. The summed E-state index contributed by atoms with van der Waals surface area (Å²) in [4.78, 5) is 0.540. The molecule has 0 heterocycles. The van der Waals surface area contributed by atoms with E-state index >= 15 is 0 Å². The smallest absolute Gasteiger partial charge is 0.155 e. The maximum Gasteiger partial charge on any atom is 0.155 e. The Hall–Kier alpha value is -0.0600. The summed E-state index contributed by atoms with van der Waals surface area (Å²) >= 11 is 1.96. The number of halogens is 2. The van der Waals surface area contributed by atoms with Gasteiger partial charge in [-0.1, -0.05) is 0 Å². The molecule has 4 heteroatoms. The van der Waals surface area contributed by atoms with E-state index in [1.165, 1.54) is 6.07 Å². The summed E-state index contributed by atoms with van der Waals surface area (Å²) in [5, 5.41) is 0. The first-order valence-corrected chi connectivity index (χ1v) is 5.59. The average molecular weight is 251 g/mol. The molecule has 0 amide bonds. The molecule has 0 saturated carbocycles. The van der Waals surface area contributed by atoms with Crippen molar-refractivity contribution in [2.45, 2.75) is 11.8 Å². The average Bonchev–Trinajstić information content (AvgIpc) is 2.08. The van der Waals surface area contributed by atoms with Gasteiger partial charge in [-0.2, -0.15) is 0 Å². The standard InChI is InChI=1S/C8H8BrFOS/c1-2-12(11)6-3-4-7(9)8(10)5-6/h3-5H,2H2,1H3. The van der Waals surface area contributed by atoms with Gasteiger partial charge in [0.2, 0.25) is 0 Å². The number of hydrogen-bond acceptors (Lipinski definition) is 1. The van der Waals surface area contributed by atoms with Gasteiger partial charge in [-0.05, 0) is 46.2 Å². The summed E-state index contributed by atoms with van der Waals surface area (Å²) in [6.45, 7) is 1.80. The summed E-state index contributed by atoms with van der Waals surface area (Å²) in [5.41, 5.74) is 0. The van der Waals surface area contributed by atoms with E-state index < -0.39 is 11.2 Å². The Balaban J connectivity index is 2.96. The van der Waals surface area contributed by atoms with Crippen molar-refractivity contribution in [3.8, 4) is 0 Å². The molecular formula is C8H8BrFOS. The van der Waals surface area contributed by atoms with Crippen molar-refractivity contribution < 1.29 is 8.94 Å². The van der Waals surface area contributed by atoms with Crippen LogP contribution in [-0.2, 0) is 11.2 Å². The zero-order chi connectivity index (χ0) is 9.14. The van der Waals surface area contributed by atoms with Crippen LogP contribution in [0.3, 0.4) is 0 Å². The number of rotatable bonds is 2. The van der Waals surface area contributed by atoms with Crippen molar-refractivity contribution in [1.29, 1.82) is 0 Å².